The summed E-state index contributed by atoms with van der Waals surface area (Å²) in [5.74, 6) is -1.20. The molecule has 1 rings (SSSR count). The second-order valence-corrected chi connectivity index (χ2v) is 3.21. The lowest BCUT2D eigenvalue weighted by Crippen LogP contribution is -2.13. The molecular weight excluding hydrogens is 237 g/mol. The molecule has 0 bridgehead atoms. The predicted octanol–water partition coefficient (Wildman–Crippen LogP) is 1.79. The Kier molecular flexibility index (Phi) is 3.93. The Labute approximate surface area is 95.6 Å². The highest BCUT2D eigenvalue weighted by Crippen LogP contribution is 2.32. The molecule has 7 heteroatoms. The summed E-state index contributed by atoms with van der Waals surface area (Å²) in [6.45, 7) is 1.83. The summed E-state index contributed by atoms with van der Waals surface area (Å²) in [4.78, 5) is 14.6. The number of esters is 1. The summed E-state index contributed by atoms with van der Waals surface area (Å²) in [6.07, 6.45) is -4.74. The molecule has 0 aromatic carbocycles. The van der Waals surface area contributed by atoms with Crippen molar-refractivity contribution in [3.8, 4) is 0 Å². The van der Waals surface area contributed by atoms with Crippen LogP contribution in [-0.2, 0) is 22.1 Å². The van der Waals surface area contributed by atoms with Crippen LogP contribution in [0, 0.1) is 0 Å². The van der Waals surface area contributed by atoms with Crippen molar-refractivity contribution in [2.45, 2.75) is 19.5 Å². The second-order valence-electron chi connectivity index (χ2n) is 3.21. The van der Waals surface area contributed by atoms with Gasteiger partial charge in [-0.2, -0.15) is 13.2 Å². The number of aromatic nitrogens is 1. The van der Waals surface area contributed by atoms with Crippen molar-refractivity contribution in [3.05, 3.63) is 23.4 Å². The van der Waals surface area contributed by atoms with Crippen LogP contribution in [0.15, 0.2) is 12.1 Å². The van der Waals surface area contributed by atoms with Gasteiger partial charge < -0.3 is 10.5 Å². The monoisotopic (exact) mass is 248 g/mol. The zero-order chi connectivity index (χ0) is 13.1. The number of nitrogen functional groups attached to an aromatic ring is 1. The van der Waals surface area contributed by atoms with E-state index in [1.807, 2.05) is 0 Å². The molecule has 94 valence electrons. The maximum atomic E-state index is 12.4. The molecule has 1 heterocycles. The molecule has 2 N–H and O–H groups in total. The highest BCUT2D eigenvalue weighted by atomic mass is 19.4. The molecule has 1 aromatic heterocycles. The average Bonchev–Trinajstić information content (AvgIpc) is 2.15. The van der Waals surface area contributed by atoms with E-state index in [0.29, 0.717) is 0 Å². The van der Waals surface area contributed by atoms with E-state index in [9.17, 15) is 18.0 Å². The summed E-state index contributed by atoms with van der Waals surface area (Å²) in [5, 5.41) is 0. The maximum absolute atomic E-state index is 12.4. The zero-order valence-corrected chi connectivity index (χ0v) is 9.04. The van der Waals surface area contributed by atoms with Gasteiger partial charge in [0.05, 0.1) is 24.3 Å². The Bertz CT molecular complexity index is 419. The average molecular weight is 248 g/mol. The summed E-state index contributed by atoms with van der Waals surface area (Å²) >= 11 is 0. The van der Waals surface area contributed by atoms with Crippen LogP contribution in [0.1, 0.15) is 18.2 Å². The molecule has 17 heavy (non-hydrogen) atoms. The van der Waals surface area contributed by atoms with E-state index < -0.39 is 23.5 Å². The number of hydrogen-bond acceptors (Lipinski definition) is 4. The lowest BCUT2D eigenvalue weighted by Gasteiger charge is -2.10. The number of hydrogen-bond donors (Lipinski definition) is 1. The van der Waals surface area contributed by atoms with Gasteiger partial charge in [-0.3, -0.25) is 4.79 Å². The van der Waals surface area contributed by atoms with Crippen LogP contribution >= 0.6 is 0 Å². The fourth-order valence-electron chi connectivity index (χ4n) is 1.22. The Morgan fingerprint density at radius 3 is 2.59 bits per heavy atom. The van der Waals surface area contributed by atoms with Crippen LogP contribution in [0.4, 0.5) is 19.0 Å². The molecule has 0 amide bonds. The van der Waals surface area contributed by atoms with Crippen LogP contribution in [0.2, 0.25) is 0 Å². The van der Waals surface area contributed by atoms with Gasteiger partial charge in [0.15, 0.2) is 0 Å². The van der Waals surface area contributed by atoms with Crippen molar-refractivity contribution >= 4 is 11.8 Å². The lowest BCUT2D eigenvalue weighted by atomic mass is 10.2. The Morgan fingerprint density at radius 2 is 2.12 bits per heavy atom. The summed E-state index contributed by atoms with van der Waals surface area (Å²) in [5.41, 5.74) is 4.31. The van der Waals surface area contributed by atoms with Gasteiger partial charge in [0.2, 0.25) is 0 Å². The van der Waals surface area contributed by atoms with Crippen LogP contribution < -0.4 is 5.73 Å². The molecule has 0 unspecified atom stereocenters. The molecule has 0 fully saturated rings. The third-order valence-corrected chi connectivity index (χ3v) is 1.92. The van der Waals surface area contributed by atoms with Crippen molar-refractivity contribution in [2.75, 3.05) is 12.3 Å². The van der Waals surface area contributed by atoms with Crippen LogP contribution in [-0.4, -0.2) is 17.6 Å². The van der Waals surface area contributed by atoms with Crippen molar-refractivity contribution in [2.24, 2.45) is 0 Å². The fraction of sp³-hybridized carbons (Fsp3) is 0.400. The van der Waals surface area contributed by atoms with E-state index in [0.717, 1.165) is 12.1 Å². The van der Waals surface area contributed by atoms with E-state index in [1.165, 1.54) is 0 Å². The van der Waals surface area contributed by atoms with Gasteiger partial charge in [0.25, 0.3) is 0 Å². The van der Waals surface area contributed by atoms with Crippen molar-refractivity contribution in [1.29, 1.82) is 0 Å². The van der Waals surface area contributed by atoms with E-state index in [4.69, 9.17) is 5.73 Å². The minimum Gasteiger partial charge on any atom is -0.466 e. The molecule has 0 spiro atoms. The van der Waals surface area contributed by atoms with E-state index in [-0.39, 0.29) is 18.7 Å². The molecular formula is C10H11F3N2O2. The third kappa shape index (κ3) is 3.61. The largest absolute Gasteiger partial charge is 0.466 e. The Balaban J connectivity index is 2.86. The van der Waals surface area contributed by atoms with E-state index in [1.54, 1.807) is 6.92 Å². The molecule has 0 aliphatic rings. The van der Waals surface area contributed by atoms with Crippen molar-refractivity contribution < 1.29 is 22.7 Å². The molecule has 0 aliphatic heterocycles. The van der Waals surface area contributed by atoms with Gasteiger partial charge in [-0.25, -0.2) is 4.98 Å². The van der Waals surface area contributed by atoms with Crippen LogP contribution in [0.3, 0.4) is 0 Å². The number of pyridine rings is 1. The second kappa shape index (κ2) is 5.03. The summed E-state index contributed by atoms with van der Waals surface area (Å²) in [6, 6.07) is 1.91. The van der Waals surface area contributed by atoms with Crippen LogP contribution in [0.25, 0.3) is 0 Å². The number of ether oxygens (including phenoxy) is 1. The maximum Gasteiger partial charge on any atom is 0.419 e. The third-order valence-electron chi connectivity index (χ3n) is 1.92. The molecule has 0 radical (unpaired) electrons. The minimum atomic E-state index is -4.54. The quantitative estimate of drug-likeness (QED) is 0.828. The molecule has 0 saturated carbocycles. The zero-order valence-electron chi connectivity index (χ0n) is 9.04. The van der Waals surface area contributed by atoms with Gasteiger partial charge in [-0.15, -0.1) is 0 Å². The fourth-order valence-corrected chi connectivity index (χ4v) is 1.22. The number of carbonyl (C=O) groups is 1. The number of anilines is 1. The molecule has 0 aliphatic carbocycles. The Hall–Kier alpha value is -1.79. The van der Waals surface area contributed by atoms with Crippen molar-refractivity contribution in [1.82, 2.24) is 4.98 Å². The SMILES string of the molecule is CCOC(=O)Cc1ccc(C(F)(F)F)c(N)n1. The molecule has 4 nitrogen and oxygen atoms in total. The van der Waals surface area contributed by atoms with Gasteiger partial charge in [-0.05, 0) is 19.1 Å². The Morgan fingerprint density at radius 1 is 1.47 bits per heavy atom. The van der Waals surface area contributed by atoms with Crippen molar-refractivity contribution in [3.63, 3.8) is 0 Å². The highest BCUT2D eigenvalue weighted by Gasteiger charge is 2.33. The highest BCUT2D eigenvalue weighted by molar-refractivity contribution is 5.72. The number of rotatable bonds is 3. The van der Waals surface area contributed by atoms with Gasteiger partial charge in [0, 0.05) is 0 Å². The first-order valence-electron chi connectivity index (χ1n) is 4.82. The van der Waals surface area contributed by atoms with Gasteiger partial charge in [-0.1, -0.05) is 0 Å². The normalized spacial score (nSPS) is 11.3. The number of halogens is 3. The minimum absolute atomic E-state index is 0.147. The number of nitrogens with zero attached hydrogens (tertiary/aromatic N) is 1. The smallest absolute Gasteiger partial charge is 0.419 e. The van der Waals surface area contributed by atoms with Gasteiger partial charge >= 0.3 is 12.1 Å². The van der Waals surface area contributed by atoms with Gasteiger partial charge in [0.1, 0.15) is 5.82 Å². The predicted molar refractivity (Wildman–Crippen MR) is 54.0 cm³/mol. The first-order chi connectivity index (χ1) is 7.84. The summed E-state index contributed by atoms with van der Waals surface area (Å²) in [7, 11) is 0. The molecule has 0 saturated heterocycles. The standard InChI is InChI=1S/C10H11F3N2O2/c1-2-17-8(16)5-6-3-4-7(9(14)15-6)10(11,12)13/h3-4H,2,5H2,1H3,(H2,14,15). The number of carbonyl (C=O) groups excluding carboxylic acids is 1. The first kappa shape index (κ1) is 13.3. The van der Waals surface area contributed by atoms with E-state index in [2.05, 4.69) is 9.72 Å². The molecule has 1 aromatic rings. The first-order valence-corrected chi connectivity index (χ1v) is 4.82. The topological polar surface area (TPSA) is 65.2 Å². The number of nitrogens with two attached hydrogens (primary N) is 1. The summed E-state index contributed by atoms with van der Waals surface area (Å²) < 4.78 is 41.7. The van der Waals surface area contributed by atoms with E-state index >= 15 is 0 Å². The molecule has 0 atom stereocenters. The van der Waals surface area contributed by atoms with Crippen LogP contribution in [0.5, 0.6) is 0 Å². The lowest BCUT2D eigenvalue weighted by molar-refractivity contribution is -0.142. The number of alkyl halides is 3.